The molecule has 0 aromatic carbocycles. The quantitative estimate of drug-likeness (QED) is 0.274. The molecular weight excluding hydrogens is 222 g/mol. The molecule has 0 unspecified atom stereocenters. The molecule has 0 radical (unpaired) electrons. The fourth-order valence-electron chi connectivity index (χ4n) is 1.53. The highest BCUT2D eigenvalue weighted by Crippen LogP contribution is 2.15. The maximum Gasteiger partial charge on any atom is 0.173 e. The number of aliphatic hydroxyl groups excluding tert-OH is 1. The highest BCUT2D eigenvalue weighted by Gasteiger charge is 2.14. The highest BCUT2D eigenvalue weighted by molar-refractivity contribution is 6.01. The maximum atomic E-state index is 9.01. The van der Waals surface area contributed by atoms with Gasteiger partial charge in [0, 0.05) is 13.1 Å². The number of aromatic nitrogens is 2. The van der Waals surface area contributed by atoms with Crippen molar-refractivity contribution in [3.8, 4) is 0 Å². The van der Waals surface area contributed by atoms with Crippen LogP contribution in [0.4, 0.5) is 5.82 Å². The van der Waals surface area contributed by atoms with Gasteiger partial charge in [-0.2, -0.15) is 5.10 Å². The lowest BCUT2D eigenvalue weighted by atomic mass is 10.2. The second-order valence-corrected chi connectivity index (χ2v) is 3.46. The largest absolute Gasteiger partial charge is 0.409 e. The Morgan fingerprint density at radius 1 is 1.53 bits per heavy atom. The average Bonchev–Trinajstić information content (AvgIpc) is 2.37. The predicted molar refractivity (Wildman–Crippen MR) is 64.1 cm³/mol. The number of nitrogens with zero attached hydrogens (tertiary/aromatic N) is 4. The average molecular weight is 239 g/mol. The van der Waals surface area contributed by atoms with Gasteiger partial charge >= 0.3 is 0 Å². The Morgan fingerprint density at radius 2 is 2.29 bits per heavy atom. The van der Waals surface area contributed by atoms with Gasteiger partial charge in [0.15, 0.2) is 11.7 Å². The molecule has 0 atom stereocenters. The predicted octanol–water partition coefficient (Wildman–Crippen LogP) is -0.220. The van der Waals surface area contributed by atoms with Crippen LogP contribution in [0, 0.1) is 0 Å². The molecule has 1 heterocycles. The standard InChI is InChI=1S/C10H17N5O2/c1-2-5-15(6-7-16)10-8(9(11)14-17)3-4-12-13-10/h3-4,16-17H,2,5-7H2,1H3,(H2,11,14). The van der Waals surface area contributed by atoms with E-state index in [0.29, 0.717) is 24.5 Å². The van der Waals surface area contributed by atoms with Crippen LogP contribution < -0.4 is 10.6 Å². The summed E-state index contributed by atoms with van der Waals surface area (Å²) in [5.41, 5.74) is 6.07. The summed E-state index contributed by atoms with van der Waals surface area (Å²) >= 11 is 0. The lowest BCUT2D eigenvalue weighted by Crippen LogP contribution is -2.31. The summed E-state index contributed by atoms with van der Waals surface area (Å²) in [7, 11) is 0. The number of hydrogen-bond donors (Lipinski definition) is 3. The van der Waals surface area contributed by atoms with E-state index in [-0.39, 0.29) is 12.4 Å². The Morgan fingerprint density at radius 3 is 2.88 bits per heavy atom. The van der Waals surface area contributed by atoms with Crippen LogP contribution >= 0.6 is 0 Å². The van der Waals surface area contributed by atoms with Crippen LogP contribution in [-0.4, -0.2) is 46.0 Å². The first-order valence-corrected chi connectivity index (χ1v) is 5.40. The van der Waals surface area contributed by atoms with E-state index in [9.17, 15) is 0 Å². The van der Waals surface area contributed by atoms with Crippen molar-refractivity contribution in [2.45, 2.75) is 13.3 Å². The molecular formula is C10H17N5O2. The smallest absolute Gasteiger partial charge is 0.173 e. The molecule has 1 rings (SSSR count). The van der Waals surface area contributed by atoms with Gasteiger partial charge in [0.1, 0.15) is 0 Å². The zero-order chi connectivity index (χ0) is 12.7. The van der Waals surface area contributed by atoms with Crippen LogP contribution in [0.3, 0.4) is 0 Å². The molecule has 0 aliphatic heterocycles. The Hall–Kier alpha value is -1.89. The van der Waals surface area contributed by atoms with E-state index < -0.39 is 0 Å². The third-order valence-corrected chi connectivity index (χ3v) is 2.25. The van der Waals surface area contributed by atoms with Gasteiger partial charge in [-0.1, -0.05) is 12.1 Å². The second kappa shape index (κ2) is 6.64. The van der Waals surface area contributed by atoms with Crippen LogP contribution in [0.25, 0.3) is 0 Å². The topological polar surface area (TPSA) is 108 Å². The second-order valence-electron chi connectivity index (χ2n) is 3.46. The van der Waals surface area contributed by atoms with Crippen molar-refractivity contribution in [3.63, 3.8) is 0 Å². The molecule has 1 aromatic rings. The van der Waals surface area contributed by atoms with Crippen molar-refractivity contribution in [1.29, 1.82) is 0 Å². The van der Waals surface area contributed by atoms with Gasteiger partial charge in [-0.15, -0.1) is 5.10 Å². The molecule has 0 spiro atoms. The van der Waals surface area contributed by atoms with E-state index in [1.54, 1.807) is 6.07 Å². The van der Waals surface area contributed by atoms with Gasteiger partial charge in [-0.05, 0) is 12.5 Å². The molecule has 0 bridgehead atoms. The normalized spacial score (nSPS) is 11.5. The van der Waals surface area contributed by atoms with Gasteiger partial charge in [0.05, 0.1) is 18.4 Å². The van der Waals surface area contributed by atoms with Gasteiger partial charge in [-0.3, -0.25) is 0 Å². The maximum absolute atomic E-state index is 9.01. The minimum Gasteiger partial charge on any atom is -0.409 e. The zero-order valence-electron chi connectivity index (χ0n) is 9.74. The number of anilines is 1. The summed E-state index contributed by atoms with van der Waals surface area (Å²) in [4.78, 5) is 1.85. The van der Waals surface area contributed by atoms with Gasteiger partial charge in [0.2, 0.25) is 0 Å². The molecule has 1 aromatic heterocycles. The lowest BCUT2D eigenvalue weighted by Gasteiger charge is -2.23. The SMILES string of the molecule is CCCN(CCO)c1nnccc1/C(N)=N/O. The fraction of sp³-hybridized carbons (Fsp3) is 0.500. The molecule has 0 amide bonds. The summed E-state index contributed by atoms with van der Waals surface area (Å²) in [5.74, 6) is 0.493. The molecule has 94 valence electrons. The number of aliphatic hydroxyl groups is 1. The number of rotatable bonds is 6. The highest BCUT2D eigenvalue weighted by atomic mass is 16.4. The van der Waals surface area contributed by atoms with Gasteiger partial charge in [-0.25, -0.2) is 0 Å². The fourth-order valence-corrected chi connectivity index (χ4v) is 1.53. The first-order valence-electron chi connectivity index (χ1n) is 5.40. The van der Waals surface area contributed by atoms with Crippen molar-refractivity contribution < 1.29 is 10.3 Å². The third-order valence-electron chi connectivity index (χ3n) is 2.25. The van der Waals surface area contributed by atoms with Crippen LogP contribution in [0.1, 0.15) is 18.9 Å². The summed E-state index contributed by atoms with van der Waals surface area (Å²) in [5, 5.41) is 28.4. The van der Waals surface area contributed by atoms with E-state index in [1.165, 1.54) is 6.20 Å². The molecule has 0 saturated heterocycles. The van der Waals surface area contributed by atoms with Gasteiger partial charge < -0.3 is 20.9 Å². The molecule has 17 heavy (non-hydrogen) atoms. The van der Waals surface area contributed by atoms with E-state index in [0.717, 1.165) is 6.42 Å². The molecule has 7 nitrogen and oxygen atoms in total. The van der Waals surface area contributed by atoms with Gasteiger partial charge in [0.25, 0.3) is 0 Å². The molecule has 0 fully saturated rings. The monoisotopic (exact) mass is 239 g/mol. The van der Waals surface area contributed by atoms with Crippen molar-refractivity contribution in [3.05, 3.63) is 17.8 Å². The molecule has 7 heteroatoms. The van der Waals surface area contributed by atoms with Crippen LogP contribution in [0.2, 0.25) is 0 Å². The van der Waals surface area contributed by atoms with E-state index in [2.05, 4.69) is 15.4 Å². The Kier molecular flexibility index (Phi) is 5.15. The number of nitrogens with two attached hydrogens (primary N) is 1. The number of amidine groups is 1. The van der Waals surface area contributed by atoms with E-state index in [1.807, 2.05) is 11.8 Å². The van der Waals surface area contributed by atoms with Crippen LogP contribution in [0.15, 0.2) is 17.4 Å². The Labute approximate surface area is 99.6 Å². The minimum atomic E-state index is -0.0195. The van der Waals surface area contributed by atoms with Crippen molar-refractivity contribution >= 4 is 11.7 Å². The summed E-state index contributed by atoms with van der Waals surface area (Å²) < 4.78 is 0. The van der Waals surface area contributed by atoms with Crippen LogP contribution in [-0.2, 0) is 0 Å². The van der Waals surface area contributed by atoms with E-state index >= 15 is 0 Å². The first-order chi connectivity index (χ1) is 8.24. The Balaban J connectivity index is 3.08. The van der Waals surface area contributed by atoms with Crippen LogP contribution in [0.5, 0.6) is 0 Å². The summed E-state index contributed by atoms with van der Waals surface area (Å²) in [6, 6.07) is 1.62. The first kappa shape index (κ1) is 13.2. The summed E-state index contributed by atoms with van der Waals surface area (Å²) in [6.07, 6.45) is 2.37. The number of oxime groups is 1. The third kappa shape index (κ3) is 3.28. The van der Waals surface area contributed by atoms with Crippen molar-refractivity contribution in [2.24, 2.45) is 10.9 Å². The minimum absolute atomic E-state index is 0.00614. The summed E-state index contributed by atoms with van der Waals surface area (Å²) in [6.45, 7) is 3.17. The van der Waals surface area contributed by atoms with E-state index in [4.69, 9.17) is 16.0 Å². The number of hydrogen-bond acceptors (Lipinski definition) is 6. The molecule has 4 N–H and O–H groups in total. The van der Waals surface area contributed by atoms with Crippen molar-refractivity contribution in [2.75, 3.05) is 24.6 Å². The lowest BCUT2D eigenvalue weighted by molar-refractivity contribution is 0.301. The molecule has 0 saturated carbocycles. The zero-order valence-corrected chi connectivity index (χ0v) is 9.74. The molecule has 0 aliphatic rings. The van der Waals surface area contributed by atoms with Crippen molar-refractivity contribution in [1.82, 2.24) is 10.2 Å². The Bertz CT molecular complexity index is 377. The molecule has 0 aliphatic carbocycles.